The summed E-state index contributed by atoms with van der Waals surface area (Å²) < 4.78 is 0. The predicted molar refractivity (Wildman–Crippen MR) is 77.7 cm³/mol. The molecule has 0 bridgehead atoms. The Kier molecular flexibility index (Phi) is 4.08. The molecule has 2 atom stereocenters. The lowest BCUT2D eigenvalue weighted by atomic mass is 9.88. The zero-order chi connectivity index (χ0) is 13.2. The van der Waals surface area contributed by atoms with Crippen LogP contribution in [0.15, 0.2) is 30.3 Å². The van der Waals surface area contributed by atoms with Crippen molar-refractivity contribution in [2.24, 2.45) is 5.92 Å². The lowest BCUT2D eigenvalue weighted by molar-refractivity contribution is 0.0855. The van der Waals surface area contributed by atoms with Crippen molar-refractivity contribution in [1.29, 1.82) is 0 Å². The van der Waals surface area contributed by atoms with Gasteiger partial charge in [0, 0.05) is 25.7 Å². The summed E-state index contributed by atoms with van der Waals surface area (Å²) in [4.78, 5) is 2.62. The minimum atomic E-state index is 0.0860. The molecule has 1 aliphatic heterocycles. The third kappa shape index (κ3) is 2.76. The maximum atomic E-state index is 3.69. The van der Waals surface area contributed by atoms with Crippen LogP contribution in [0.4, 0.5) is 0 Å². The fourth-order valence-electron chi connectivity index (χ4n) is 2.79. The van der Waals surface area contributed by atoms with Gasteiger partial charge in [-0.3, -0.25) is 4.90 Å². The number of nitrogens with one attached hydrogen (secondary N) is 1. The Morgan fingerprint density at radius 2 is 1.83 bits per heavy atom. The highest BCUT2D eigenvalue weighted by atomic mass is 15.2. The maximum Gasteiger partial charge on any atom is 0.0535 e. The second-order valence-electron chi connectivity index (χ2n) is 6.08. The summed E-state index contributed by atoms with van der Waals surface area (Å²) in [6.45, 7) is 12.6. The van der Waals surface area contributed by atoms with Crippen molar-refractivity contribution in [3.8, 4) is 0 Å². The lowest BCUT2D eigenvalue weighted by Gasteiger charge is -2.45. The zero-order valence-corrected chi connectivity index (χ0v) is 12.1. The van der Waals surface area contributed by atoms with Gasteiger partial charge in [0.15, 0.2) is 0 Å². The summed E-state index contributed by atoms with van der Waals surface area (Å²) in [5.74, 6) is 0.711. The maximum absolute atomic E-state index is 3.69. The molecule has 1 saturated heterocycles. The first kappa shape index (κ1) is 13.6. The third-order valence-corrected chi connectivity index (χ3v) is 4.39. The minimum absolute atomic E-state index is 0.0860. The number of hydrogen-bond acceptors (Lipinski definition) is 2. The van der Waals surface area contributed by atoms with Gasteiger partial charge in [-0.15, -0.1) is 0 Å². The highest BCUT2D eigenvalue weighted by Gasteiger charge is 2.34. The van der Waals surface area contributed by atoms with E-state index in [2.05, 4.69) is 68.2 Å². The Morgan fingerprint density at radius 3 is 2.44 bits per heavy atom. The van der Waals surface area contributed by atoms with Crippen LogP contribution >= 0.6 is 0 Å². The number of rotatable bonds is 3. The molecule has 2 heteroatoms. The summed E-state index contributed by atoms with van der Waals surface area (Å²) in [7, 11) is 0. The van der Waals surface area contributed by atoms with Crippen LogP contribution in [0, 0.1) is 5.92 Å². The van der Waals surface area contributed by atoms with Gasteiger partial charge in [0.2, 0.25) is 0 Å². The van der Waals surface area contributed by atoms with E-state index in [1.54, 1.807) is 0 Å². The molecular weight excluding hydrogens is 220 g/mol. The largest absolute Gasteiger partial charge is 0.305 e. The number of hydrogen-bond donors (Lipinski definition) is 1. The molecule has 1 fully saturated rings. The van der Waals surface area contributed by atoms with Crippen molar-refractivity contribution in [3.05, 3.63) is 35.9 Å². The van der Waals surface area contributed by atoms with E-state index in [0.29, 0.717) is 12.0 Å². The van der Waals surface area contributed by atoms with Crippen molar-refractivity contribution in [1.82, 2.24) is 10.2 Å². The van der Waals surface area contributed by atoms with Crippen molar-refractivity contribution in [2.45, 2.75) is 39.3 Å². The predicted octanol–water partition coefficient (Wildman–Crippen LogP) is 2.85. The van der Waals surface area contributed by atoms with E-state index in [9.17, 15) is 0 Å². The average Bonchev–Trinajstić information content (AvgIpc) is 2.39. The van der Waals surface area contributed by atoms with E-state index in [1.807, 2.05) is 0 Å². The van der Waals surface area contributed by atoms with Gasteiger partial charge in [0.05, 0.1) is 5.54 Å². The summed E-state index contributed by atoms with van der Waals surface area (Å²) in [6.07, 6.45) is 0. The van der Waals surface area contributed by atoms with Crippen molar-refractivity contribution in [2.75, 3.05) is 19.6 Å². The number of piperazine rings is 1. The van der Waals surface area contributed by atoms with Gasteiger partial charge in [-0.05, 0) is 25.3 Å². The first-order valence-electron chi connectivity index (χ1n) is 7.07. The average molecular weight is 246 g/mol. The molecule has 1 aromatic carbocycles. The molecule has 1 N–H and O–H groups in total. The van der Waals surface area contributed by atoms with E-state index in [-0.39, 0.29) is 5.54 Å². The zero-order valence-electron chi connectivity index (χ0n) is 12.1. The molecule has 1 aromatic rings. The van der Waals surface area contributed by atoms with E-state index in [0.717, 1.165) is 19.6 Å². The Morgan fingerprint density at radius 1 is 1.17 bits per heavy atom. The van der Waals surface area contributed by atoms with Crippen molar-refractivity contribution < 1.29 is 0 Å². The molecule has 1 aliphatic rings. The summed E-state index contributed by atoms with van der Waals surface area (Å²) in [5, 5.41) is 3.69. The van der Waals surface area contributed by atoms with Crippen molar-refractivity contribution >= 4 is 0 Å². The summed E-state index contributed by atoms with van der Waals surface area (Å²) in [6, 6.07) is 11.5. The Bertz CT molecular complexity index is 374. The van der Waals surface area contributed by atoms with Crippen LogP contribution in [0.2, 0.25) is 0 Å². The molecule has 2 rings (SSSR count). The van der Waals surface area contributed by atoms with Gasteiger partial charge in [-0.1, -0.05) is 44.2 Å². The molecule has 0 saturated carbocycles. The number of nitrogens with zero attached hydrogens (tertiary/aromatic N) is 1. The van der Waals surface area contributed by atoms with Crippen LogP contribution in [0.5, 0.6) is 0 Å². The molecule has 2 nitrogen and oxygen atoms in total. The molecule has 100 valence electrons. The van der Waals surface area contributed by atoms with Gasteiger partial charge in [-0.2, -0.15) is 0 Å². The quantitative estimate of drug-likeness (QED) is 0.882. The van der Waals surface area contributed by atoms with Gasteiger partial charge < -0.3 is 5.32 Å². The second-order valence-corrected chi connectivity index (χ2v) is 6.08. The van der Waals surface area contributed by atoms with E-state index < -0.39 is 0 Å². The fourth-order valence-corrected chi connectivity index (χ4v) is 2.79. The Balaban J connectivity index is 2.15. The van der Waals surface area contributed by atoms with Crippen molar-refractivity contribution in [3.63, 3.8) is 0 Å². The van der Waals surface area contributed by atoms with Crippen LogP contribution in [0.25, 0.3) is 0 Å². The standard InChI is InChI=1S/C16H26N2/c1-13(2)14(3)18-11-10-17-16(4,12-18)15-8-6-5-7-9-15/h5-9,13-14,17H,10-12H2,1-4H3. The van der Waals surface area contributed by atoms with E-state index in [1.165, 1.54) is 5.56 Å². The van der Waals surface area contributed by atoms with Gasteiger partial charge in [-0.25, -0.2) is 0 Å². The van der Waals surface area contributed by atoms with Gasteiger partial charge in [0.1, 0.15) is 0 Å². The molecule has 0 aliphatic carbocycles. The van der Waals surface area contributed by atoms with Crippen LogP contribution in [0.1, 0.15) is 33.3 Å². The fraction of sp³-hybridized carbons (Fsp3) is 0.625. The first-order valence-corrected chi connectivity index (χ1v) is 7.07. The number of benzene rings is 1. The Labute approximate surface area is 111 Å². The molecule has 0 radical (unpaired) electrons. The van der Waals surface area contributed by atoms with E-state index >= 15 is 0 Å². The second kappa shape index (κ2) is 5.41. The monoisotopic (exact) mass is 246 g/mol. The molecule has 18 heavy (non-hydrogen) atoms. The minimum Gasteiger partial charge on any atom is -0.305 e. The van der Waals surface area contributed by atoms with Gasteiger partial charge >= 0.3 is 0 Å². The van der Waals surface area contributed by atoms with Gasteiger partial charge in [0.25, 0.3) is 0 Å². The smallest absolute Gasteiger partial charge is 0.0535 e. The molecular formula is C16H26N2. The topological polar surface area (TPSA) is 15.3 Å². The molecule has 2 unspecified atom stereocenters. The van der Waals surface area contributed by atoms with Crippen LogP contribution in [0.3, 0.4) is 0 Å². The van der Waals surface area contributed by atoms with Crippen LogP contribution in [-0.2, 0) is 5.54 Å². The highest BCUT2D eigenvalue weighted by Crippen LogP contribution is 2.26. The third-order valence-electron chi connectivity index (χ3n) is 4.39. The first-order chi connectivity index (χ1) is 8.53. The van der Waals surface area contributed by atoms with Crippen LogP contribution < -0.4 is 5.32 Å². The molecule has 0 spiro atoms. The molecule has 1 heterocycles. The summed E-state index contributed by atoms with van der Waals surface area (Å²) >= 11 is 0. The van der Waals surface area contributed by atoms with Crippen LogP contribution in [-0.4, -0.2) is 30.6 Å². The lowest BCUT2D eigenvalue weighted by Crippen LogP contribution is -2.59. The Hall–Kier alpha value is -0.860. The SMILES string of the molecule is CC(C)C(C)N1CCNC(C)(c2ccccc2)C1. The molecule has 0 amide bonds. The van der Waals surface area contributed by atoms with E-state index in [4.69, 9.17) is 0 Å². The summed E-state index contributed by atoms with van der Waals surface area (Å²) in [5.41, 5.74) is 1.48. The molecule has 0 aromatic heterocycles. The highest BCUT2D eigenvalue weighted by molar-refractivity contribution is 5.25. The normalized spacial score (nSPS) is 27.4.